The third-order valence-electron chi connectivity index (χ3n) is 2.98. The molecule has 0 fully saturated rings. The highest BCUT2D eigenvalue weighted by molar-refractivity contribution is 9.10. The van der Waals surface area contributed by atoms with Crippen molar-refractivity contribution in [1.29, 1.82) is 0 Å². The van der Waals surface area contributed by atoms with Crippen molar-refractivity contribution in [3.63, 3.8) is 0 Å². The van der Waals surface area contributed by atoms with Gasteiger partial charge in [0.1, 0.15) is 5.75 Å². The normalized spacial score (nSPS) is 10.4. The molecular weight excluding hydrogens is 340 g/mol. The molecule has 1 heterocycles. The van der Waals surface area contributed by atoms with E-state index >= 15 is 0 Å². The lowest BCUT2D eigenvalue weighted by molar-refractivity contribution is -0.385. The summed E-state index contributed by atoms with van der Waals surface area (Å²) in [5.41, 5.74) is 1.02. The maximum Gasteiger partial charge on any atom is 0.273 e. The number of hydrogen-bond donors (Lipinski definition) is 0. The van der Waals surface area contributed by atoms with Crippen LogP contribution in [0.5, 0.6) is 5.75 Å². The Balaban J connectivity index is 2.46. The van der Waals surface area contributed by atoms with Gasteiger partial charge < -0.3 is 9.30 Å². The van der Waals surface area contributed by atoms with Gasteiger partial charge >= 0.3 is 0 Å². The first-order chi connectivity index (χ1) is 9.90. The van der Waals surface area contributed by atoms with Crippen molar-refractivity contribution in [2.24, 2.45) is 0 Å². The maximum atomic E-state index is 12.1. The Hall–Kier alpha value is -2.15. The minimum Gasteiger partial charge on any atom is -0.496 e. The van der Waals surface area contributed by atoms with E-state index in [0.29, 0.717) is 16.9 Å². The lowest BCUT2D eigenvalue weighted by Gasteiger charge is -2.09. The standard InChI is InChI=1S/C14H13BrN2O4/c1-9-3-11(15)8-16(14(9)18)7-10-4-12(17(19)20)6-13(5-10)21-2/h3-6,8H,7H2,1-2H3. The van der Waals surface area contributed by atoms with Gasteiger partial charge in [-0.05, 0) is 40.5 Å². The Morgan fingerprint density at radius 2 is 2.05 bits per heavy atom. The van der Waals surface area contributed by atoms with Gasteiger partial charge in [0.25, 0.3) is 11.2 Å². The second kappa shape index (κ2) is 6.09. The summed E-state index contributed by atoms with van der Waals surface area (Å²) in [4.78, 5) is 22.5. The number of methoxy groups -OCH3 is 1. The van der Waals surface area contributed by atoms with Gasteiger partial charge in [0.15, 0.2) is 0 Å². The van der Waals surface area contributed by atoms with Gasteiger partial charge in [0.05, 0.1) is 24.6 Å². The molecule has 1 aromatic carbocycles. The summed E-state index contributed by atoms with van der Waals surface area (Å²) in [6.45, 7) is 1.95. The molecule has 0 aliphatic carbocycles. The largest absolute Gasteiger partial charge is 0.496 e. The van der Waals surface area contributed by atoms with Crippen molar-refractivity contribution in [2.75, 3.05) is 7.11 Å². The zero-order valence-electron chi connectivity index (χ0n) is 11.5. The van der Waals surface area contributed by atoms with Gasteiger partial charge in [-0.25, -0.2) is 0 Å². The van der Waals surface area contributed by atoms with Crippen molar-refractivity contribution >= 4 is 21.6 Å². The van der Waals surface area contributed by atoms with Gasteiger partial charge in [-0.3, -0.25) is 14.9 Å². The van der Waals surface area contributed by atoms with Gasteiger partial charge in [-0.15, -0.1) is 0 Å². The first-order valence-corrected chi connectivity index (χ1v) is 6.89. The highest BCUT2D eigenvalue weighted by Crippen LogP contribution is 2.23. The van der Waals surface area contributed by atoms with Crippen molar-refractivity contribution in [1.82, 2.24) is 4.57 Å². The van der Waals surface area contributed by atoms with E-state index in [0.717, 1.165) is 4.47 Å². The van der Waals surface area contributed by atoms with Crippen LogP contribution in [0.15, 0.2) is 39.7 Å². The lowest BCUT2D eigenvalue weighted by Crippen LogP contribution is -2.22. The highest BCUT2D eigenvalue weighted by Gasteiger charge is 2.11. The van der Waals surface area contributed by atoms with Gasteiger partial charge in [-0.1, -0.05) is 0 Å². The van der Waals surface area contributed by atoms with E-state index in [2.05, 4.69) is 15.9 Å². The zero-order chi connectivity index (χ0) is 15.6. The predicted molar refractivity (Wildman–Crippen MR) is 81.9 cm³/mol. The molecule has 6 nitrogen and oxygen atoms in total. The molecule has 0 aliphatic rings. The minimum atomic E-state index is -0.485. The summed E-state index contributed by atoms with van der Waals surface area (Å²) in [7, 11) is 1.44. The summed E-state index contributed by atoms with van der Waals surface area (Å²) in [6, 6.07) is 6.19. The van der Waals surface area contributed by atoms with E-state index in [1.54, 1.807) is 25.3 Å². The third-order valence-corrected chi connectivity index (χ3v) is 3.42. The topological polar surface area (TPSA) is 74.4 Å². The van der Waals surface area contributed by atoms with Crippen molar-refractivity contribution < 1.29 is 9.66 Å². The fraction of sp³-hybridized carbons (Fsp3) is 0.214. The first kappa shape index (κ1) is 15.2. The summed E-state index contributed by atoms with van der Waals surface area (Å²) >= 11 is 3.33. The lowest BCUT2D eigenvalue weighted by atomic mass is 10.2. The summed E-state index contributed by atoms with van der Waals surface area (Å²) in [6.07, 6.45) is 1.65. The van der Waals surface area contributed by atoms with Crippen LogP contribution in [0.2, 0.25) is 0 Å². The number of non-ortho nitro benzene ring substituents is 1. The molecule has 0 saturated heterocycles. The van der Waals surface area contributed by atoms with Crippen molar-refractivity contribution in [3.8, 4) is 5.75 Å². The zero-order valence-corrected chi connectivity index (χ0v) is 13.1. The molecule has 0 spiro atoms. The SMILES string of the molecule is COc1cc(Cn2cc(Br)cc(C)c2=O)cc([N+](=O)[O-])c1. The van der Waals surface area contributed by atoms with E-state index in [4.69, 9.17) is 4.74 Å². The quantitative estimate of drug-likeness (QED) is 0.626. The molecule has 2 aromatic rings. The van der Waals surface area contributed by atoms with Gasteiger partial charge in [-0.2, -0.15) is 0 Å². The number of nitro groups is 1. The fourth-order valence-electron chi connectivity index (χ4n) is 2.01. The van der Waals surface area contributed by atoms with Crippen LogP contribution < -0.4 is 10.3 Å². The van der Waals surface area contributed by atoms with Crippen LogP contribution in [0.25, 0.3) is 0 Å². The Bertz CT molecular complexity index is 755. The fourth-order valence-corrected chi connectivity index (χ4v) is 2.60. The molecule has 0 unspecified atom stereocenters. The highest BCUT2D eigenvalue weighted by atomic mass is 79.9. The van der Waals surface area contributed by atoms with Crippen LogP contribution in [-0.2, 0) is 6.54 Å². The van der Waals surface area contributed by atoms with Gasteiger partial charge in [0.2, 0.25) is 0 Å². The van der Waals surface area contributed by atoms with Gasteiger partial charge in [0, 0.05) is 22.3 Å². The van der Waals surface area contributed by atoms with Crippen LogP contribution in [-0.4, -0.2) is 16.6 Å². The van der Waals surface area contributed by atoms with E-state index < -0.39 is 4.92 Å². The molecule has 0 saturated carbocycles. The number of aromatic nitrogens is 1. The maximum absolute atomic E-state index is 12.1. The number of nitro benzene ring substituents is 1. The van der Waals surface area contributed by atoms with Crippen LogP contribution in [0.3, 0.4) is 0 Å². The smallest absolute Gasteiger partial charge is 0.273 e. The number of ether oxygens (including phenoxy) is 1. The molecule has 0 bridgehead atoms. The molecule has 0 atom stereocenters. The van der Waals surface area contributed by atoms with Crippen LogP contribution in [0.4, 0.5) is 5.69 Å². The average Bonchev–Trinajstić information content (AvgIpc) is 2.43. The predicted octanol–water partition coefficient (Wildman–Crippen LogP) is 2.88. The number of rotatable bonds is 4. The van der Waals surface area contributed by atoms with Crippen molar-refractivity contribution in [3.05, 3.63) is 66.5 Å². The summed E-state index contributed by atoms with van der Waals surface area (Å²) < 4.78 is 7.33. The average molecular weight is 353 g/mol. The van der Waals surface area contributed by atoms with Crippen LogP contribution in [0, 0.1) is 17.0 Å². The second-order valence-electron chi connectivity index (χ2n) is 4.57. The molecule has 21 heavy (non-hydrogen) atoms. The second-order valence-corrected chi connectivity index (χ2v) is 5.49. The molecule has 2 rings (SSSR count). The molecule has 110 valence electrons. The van der Waals surface area contributed by atoms with E-state index in [1.165, 1.54) is 23.8 Å². The molecule has 0 amide bonds. The number of nitrogens with zero attached hydrogens (tertiary/aromatic N) is 2. The number of hydrogen-bond acceptors (Lipinski definition) is 4. The van der Waals surface area contributed by atoms with E-state index in [-0.39, 0.29) is 17.8 Å². The summed E-state index contributed by atoms with van der Waals surface area (Å²) in [5.74, 6) is 0.388. The van der Waals surface area contributed by atoms with E-state index in [9.17, 15) is 14.9 Å². The Kier molecular flexibility index (Phi) is 4.42. The Morgan fingerprint density at radius 3 is 2.67 bits per heavy atom. The number of aryl methyl sites for hydroxylation is 1. The molecular formula is C14H13BrN2O4. The monoisotopic (exact) mass is 352 g/mol. The number of halogens is 1. The van der Waals surface area contributed by atoms with Crippen molar-refractivity contribution in [2.45, 2.75) is 13.5 Å². The first-order valence-electron chi connectivity index (χ1n) is 6.09. The van der Waals surface area contributed by atoms with Crippen LogP contribution >= 0.6 is 15.9 Å². The number of benzene rings is 1. The molecule has 0 aliphatic heterocycles. The number of pyridine rings is 1. The molecule has 1 aromatic heterocycles. The Labute approximate surface area is 129 Å². The summed E-state index contributed by atoms with van der Waals surface area (Å²) in [5, 5.41) is 10.9. The minimum absolute atomic E-state index is 0.0656. The third kappa shape index (κ3) is 3.49. The van der Waals surface area contributed by atoms with Crippen LogP contribution in [0.1, 0.15) is 11.1 Å². The van der Waals surface area contributed by atoms with E-state index in [1.807, 2.05) is 0 Å². The molecule has 7 heteroatoms. The molecule has 0 radical (unpaired) electrons. The Morgan fingerprint density at radius 1 is 1.33 bits per heavy atom. The molecule has 0 N–H and O–H groups in total.